The van der Waals surface area contributed by atoms with Crippen LogP contribution in [0.2, 0.25) is 0 Å². The number of ether oxygens (including phenoxy) is 1. The largest absolute Gasteiger partial charge is 0.478 e. The van der Waals surface area contributed by atoms with Gasteiger partial charge in [0.1, 0.15) is 12.3 Å². The van der Waals surface area contributed by atoms with Crippen LogP contribution in [-0.4, -0.2) is 34.5 Å². The average molecular weight is 468 g/mol. The summed E-state index contributed by atoms with van der Waals surface area (Å²) in [6.07, 6.45) is 0. The number of carbonyl (C=O) groups excluding carboxylic acids is 2. The lowest BCUT2D eigenvalue weighted by molar-refractivity contribution is -0.121. The quantitative estimate of drug-likeness (QED) is 0.306. The summed E-state index contributed by atoms with van der Waals surface area (Å²) in [5.41, 5.74) is 2.16. The molecular formula is C26H20N4O5. The molecule has 0 aliphatic heterocycles. The molecule has 0 aliphatic carbocycles. The summed E-state index contributed by atoms with van der Waals surface area (Å²) in [5.74, 6) is -2.19. The molecule has 1 heterocycles. The Bertz CT molecular complexity index is 1450. The van der Waals surface area contributed by atoms with Crippen molar-refractivity contribution in [1.82, 2.24) is 4.98 Å². The zero-order chi connectivity index (χ0) is 24.8. The van der Waals surface area contributed by atoms with Gasteiger partial charge in [-0.15, -0.1) is 0 Å². The molecule has 0 fully saturated rings. The van der Waals surface area contributed by atoms with Crippen molar-refractivity contribution in [2.45, 2.75) is 6.61 Å². The second kappa shape index (κ2) is 10.3. The van der Waals surface area contributed by atoms with Crippen LogP contribution in [0.1, 0.15) is 32.0 Å². The predicted molar refractivity (Wildman–Crippen MR) is 129 cm³/mol. The highest BCUT2D eigenvalue weighted by Gasteiger charge is 2.17. The van der Waals surface area contributed by atoms with Crippen molar-refractivity contribution in [3.05, 3.63) is 95.2 Å². The molecule has 1 aromatic heterocycles. The molecule has 0 atom stereocenters. The summed E-state index contributed by atoms with van der Waals surface area (Å²) >= 11 is 0. The van der Waals surface area contributed by atoms with Crippen molar-refractivity contribution in [3.8, 4) is 6.07 Å². The van der Waals surface area contributed by atoms with Crippen molar-refractivity contribution < 1.29 is 24.2 Å². The number of H-pyrrole nitrogens is 1. The Morgan fingerprint density at radius 1 is 0.943 bits per heavy atom. The normalized spacial score (nSPS) is 10.5. The van der Waals surface area contributed by atoms with Crippen molar-refractivity contribution in [2.24, 2.45) is 0 Å². The van der Waals surface area contributed by atoms with E-state index in [9.17, 15) is 19.5 Å². The topological polar surface area (TPSA) is 144 Å². The number of carboxylic acid groups (broad SMARTS) is 1. The Morgan fingerprint density at radius 3 is 2.49 bits per heavy atom. The molecule has 4 aromatic rings. The number of carbonyl (C=O) groups is 3. The summed E-state index contributed by atoms with van der Waals surface area (Å²) in [7, 11) is 0. The number of amides is 2. The number of hydrogen-bond donors (Lipinski definition) is 4. The van der Waals surface area contributed by atoms with Crippen LogP contribution in [0.4, 0.5) is 11.4 Å². The first kappa shape index (κ1) is 23.2. The van der Waals surface area contributed by atoms with Crippen LogP contribution >= 0.6 is 0 Å². The fourth-order valence-electron chi connectivity index (χ4n) is 3.49. The highest BCUT2D eigenvalue weighted by molar-refractivity contribution is 6.10. The summed E-state index contributed by atoms with van der Waals surface area (Å²) in [5, 5.41) is 24.4. The zero-order valence-corrected chi connectivity index (χ0v) is 18.4. The maximum atomic E-state index is 12.8. The number of carboxylic acids is 1. The molecule has 174 valence electrons. The van der Waals surface area contributed by atoms with Gasteiger partial charge in [-0.2, -0.15) is 5.26 Å². The molecule has 0 aliphatic rings. The Balaban J connectivity index is 1.46. The molecule has 0 saturated carbocycles. The maximum Gasteiger partial charge on any atom is 0.337 e. The fourth-order valence-corrected chi connectivity index (χ4v) is 3.49. The van der Waals surface area contributed by atoms with Gasteiger partial charge >= 0.3 is 5.97 Å². The van der Waals surface area contributed by atoms with Gasteiger partial charge in [0, 0.05) is 5.39 Å². The molecular weight excluding hydrogens is 448 g/mol. The molecule has 4 N–H and O–H groups in total. The van der Waals surface area contributed by atoms with E-state index < -0.39 is 11.9 Å². The van der Waals surface area contributed by atoms with E-state index in [4.69, 9.17) is 10.00 Å². The summed E-state index contributed by atoms with van der Waals surface area (Å²) in [6, 6.07) is 22.1. The van der Waals surface area contributed by atoms with E-state index >= 15 is 0 Å². The van der Waals surface area contributed by atoms with E-state index in [1.54, 1.807) is 24.3 Å². The zero-order valence-electron chi connectivity index (χ0n) is 18.4. The van der Waals surface area contributed by atoms with Crippen molar-refractivity contribution in [2.75, 3.05) is 17.2 Å². The van der Waals surface area contributed by atoms with Crippen molar-refractivity contribution >= 4 is 40.1 Å². The van der Waals surface area contributed by atoms with Crippen molar-refractivity contribution in [1.29, 1.82) is 5.26 Å². The Hall–Kier alpha value is -4.94. The van der Waals surface area contributed by atoms with Gasteiger partial charge in [-0.25, -0.2) is 4.79 Å². The standard InChI is InChI=1S/C26H20N4O5/c27-13-17-9-10-20(19(11-17)26(33)34)30-25(32)22-12-18-7-4-8-21(24(18)29-22)28-23(31)15-35-14-16-5-2-1-3-6-16/h1-12,29H,14-15H2,(H,28,31)(H,30,32)(H,33,34). The molecule has 2 amide bonds. The third-order valence-corrected chi connectivity index (χ3v) is 5.15. The lowest BCUT2D eigenvalue weighted by atomic mass is 10.1. The number of nitrogens with one attached hydrogen (secondary N) is 3. The minimum Gasteiger partial charge on any atom is -0.478 e. The van der Waals surface area contributed by atoms with E-state index in [1.807, 2.05) is 36.4 Å². The van der Waals surface area contributed by atoms with Crippen LogP contribution in [0.25, 0.3) is 10.9 Å². The number of aromatic carboxylic acids is 1. The van der Waals surface area contributed by atoms with Crippen LogP contribution in [0, 0.1) is 11.3 Å². The number of fused-ring (bicyclic) bond motifs is 1. The first-order chi connectivity index (χ1) is 16.9. The predicted octanol–water partition coefficient (Wildman–Crippen LogP) is 4.15. The van der Waals surface area contributed by atoms with Gasteiger partial charge in [0.2, 0.25) is 5.91 Å². The van der Waals surface area contributed by atoms with E-state index in [-0.39, 0.29) is 35.0 Å². The molecule has 35 heavy (non-hydrogen) atoms. The minimum absolute atomic E-state index is 0.0595. The second-order valence-electron chi connectivity index (χ2n) is 7.61. The fraction of sp³-hybridized carbons (Fsp3) is 0.0769. The summed E-state index contributed by atoms with van der Waals surface area (Å²) in [4.78, 5) is 39.7. The van der Waals surface area contributed by atoms with Gasteiger partial charge in [-0.1, -0.05) is 42.5 Å². The van der Waals surface area contributed by atoms with Gasteiger partial charge in [0.25, 0.3) is 5.91 Å². The second-order valence-corrected chi connectivity index (χ2v) is 7.61. The summed E-state index contributed by atoms with van der Waals surface area (Å²) < 4.78 is 5.47. The number of anilines is 2. The van der Waals surface area contributed by atoms with Gasteiger partial charge in [-0.05, 0) is 35.9 Å². The summed E-state index contributed by atoms with van der Waals surface area (Å²) in [6.45, 7) is 0.162. The lowest BCUT2D eigenvalue weighted by Gasteiger charge is -2.08. The van der Waals surface area contributed by atoms with E-state index in [0.29, 0.717) is 23.2 Å². The Morgan fingerprint density at radius 2 is 1.74 bits per heavy atom. The molecule has 0 bridgehead atoms. The molecule has 0 unspecified atom stereocenters. The molecule has 3 aromatic carbocycles. The number of hydrogen-bond acceptors (Lipinski definition) is 5. The van der Waals surface area contributed by atoms with Crippen LogP contribution in [0.5, 0.6) is 0 Å². The first-order valence-electron chi connectivity index (χ1n) is 10.6. The molecule has 4 rings (SSSR count). The van der Waals surface area contributed by atoms with E-state index in [0.717, 1.165) is 5.56 Å². The van der Waals surface area contributed by atoms with Crippen LogP contribution in [0.3, 0.4) is 0 Å². The average Bonchev–Trinajstić information content (AvgIpc) is 3.30. The smallest absolute Gasteiger partial charge is 0.337 e. The van der Waals surface area contributed by atoms with Crippen LogP contribution in [-0.2, 0) is 16.1 Å². The Labute approximate surface area is 200 Å². The molecule has 9 nitrogen and oxygen atoms in total. The third-order valence-electron chi connectivity index (χ3n) is 5.15. The van der Waals surface area contributed by atoms with Gasteiger partial charge < -0.3 is 25.5 Å². The SMILES string of the molecule is N#Cc1ccc(NC(=O)c2cc3cccc(NC(=O)COCc4ccccc4)c3[nH]2)c(C(=O)O)c1. The van der Waals surface area contributed by atoms with Gasteiger partial charge in [-0.3, -0.25) is 9.59 Å². The number of aromatic amines is 1. The monoisotopic (exact) mass is 468 g/mol. The van der Waals surface area contributed by atoms with Crippen LogP contribution < -0.4 is 10.6 Å². The molecule has 0 saturated heterocycles. The number of benzene rings is 3. The highest BCUT2D eigenvalue weighted by atomic mass is 16.5. The number of nitriles is 1. The highest BCUT2D eigenvalue weighted by Crippen LogP contribution is 2.25. The molecule has 0 spiro atoms. The lowest BCUT2D eigenvalue weighted by Crippen LogP contribution is -2.18. The van der Waals surface area contributed by atoms with Crippen molar-refractivity contribution in [3.63, 3.8) is 0 Å². The van der Waals surface area contributed by atoms with Crippen LogP contribution in [0.15, 0.2) is 72.8 Å². The minimum atomic E-state index is -1.27. The first-order valence-corrected chi connectivity index (χ1v) is 10.6. The number of aromatic nitrogens is 1. The van der Waals surface area contributed by atoms with Gasteiger partial charge in [0.05, 0.1) is 40.7 Å². The maximum absolute atomic E-state index is 12.8. The Kier molecular flexibility index (Phi) is 6.86. The van der Waals surface area contributed by atoms with Gasteiger partial charge in [0.15, 0.2) is 0 Å². The number of nitrogens with zero attached hydrogens (tertiary/aromatic N) is 1. The van der Waals surface area contributed by atoms with E-state index in [1.165, 1.54) is 18.2 Å². The molecule has 9 heteroatoms. The van der Waals surface area contributed by atoms with E-state index in [2.05, 4.69) is 15.6 Å². The molecule has 0 radical (unpaired) electrons. The third kappa shape index (κ3) is 5.52. The number of rotatable bonds is 8. The number of para-hydroxylation sites is 1.